The van der Waals surface area contributed by atoms with E-state index in [-0.39, 0.29) is 7.92 Å². The van der Waals surface area contributed by atoms with E-state index in [1.807, 2.05) is 0 Å². The summed E-state index contributed by atoms with van der Waals surface area (Å²) in [6.07, 6.45) is 8.79. The van der Waals surface area contributed by atoms with Crippen molar-refractivity contribution in [2.45, 2.75) is 37.8 Å². The molecule has 0 heterocycles. The van der Waals surface area contributed by atoms with Crippen LogP contribution in [0.2, 0.25) is 0 Å². The van der Waals surface area contributed by atoms with Gasteiger partial charge in [0, 0.05) is 0 Å². The molecule has 1 saturated carbocycles. The molecule has 5 heteroatoms. The third-order valence-electron chi connectivity index (χ3n) is 2.94. The van der Waals surface area contributed by atoms with E-state index in [0.717, 1.165) is 18.1 Å². The Hall–Kier alpha value is 0.340. The SMILES string of the molecule is C[P@](CCOS(C)(=O)=O)C1CCCCC1. The highest BCUT2D eigenvalue weighted by Gasteiger charge is 2.19. The summed E-state index contributed by atoms with van der Waals surface area (Å²) in [4.78, 5) is 0. The Labute approximate surface area is 94.5 Å². The minimum absolute atomic E-state index is 0.0412. The normalized spacial score (nSPS) is 21.5. The summed E-state index contributed by atoms with van der Waals surface area (Å²) in [6.45, 7) is 2.65. The Morgan fingerprint density at radius 3 is 2.40 bits per heavy atom. The van der Waals surface area contributed by atoms with Crippen molar-refractivity contribution in [2.75, 3.05) is 25.7 Å². The van der Waals surface area contributed by atoms with E-state index in [2.05, 4.69) is 6.66 Å². The maximum absolute atomic E-state index is 10.8. The van der Waals surface area contributed by atoms with E-state index in [1.54, 1.807) is 0 Å². The summed E-state index contributed by atoms with van der Waals surface area (Å²) in [5, 5.41) is 0. The summed E-state index contributed by atoms with van der Waals surface area (Å²) < 4.78 is 26.3. The second-order valence-electron chi connectivity index (χ2n) is 4.30. The topological polar surface area (TPSA) is 43.4 Å². The lowest BCUT2D eigenvalue weighted by Gasteiger charge is -2.27. The van der Waals surface area contributed by atoms with Gasteiger partial charge in [-0.1, -0.05) is 19.3 Å². The molecule has 0 bridgehead atoms. The number of hydrogen-bond donors (Lipinski definition) is 0. The minimum Gasteiger partial charge on any atom is -0.270 e. The number of rotatable bonds is 5. The molecule has 1 atom stereocenters. The smallest absolute Gasteiger partial charge is 0.264 e. The van der Waals surface area contributed by atoms with Gasteiger partial charge in [-0.2, -0.15) is 8.42 Å². The highest BCUT2D eigenvalue weighted by Crippen LogP contribution is 2.44. The third kappa shape index (κ3) is 5.84. The van der Waals surface area contributed by atoms with E-state index >= 15 is 0 Å². The van der Waals surface area contributed by atoms with Gasteiger partial charge in [-0.15, -0.1) is 7.92 Å². The Kier molecular flexibility index (Phi) is 5.51. The highest BCUT2D eigenvalue weighted by atomic mass is 32.2. The molecule has 0 aromatic carbocycles. The van der Waals surface area contributed by atoms with Crippen molar-refractivity contribution in [3.8, 4) is 0 Å². The molecule has 0 saturated heterocycles. The molecule has 0 aromatic heterocycles. The zero-order chi connectivity index (χ0) is 11.3. The molecular weight excluding hydrogens is 231 g/mol. The first kappa shape index (κ1) is 13.4. The van der Waals surface area contributed by atoms with Crippen molar-refractivity contribution in [3.63, 3.8) is 0 Å². The molecule has 15 heavy (non-hydrogen) atoms. The van der Waals surface area contributed by atoms with Gasteiger partial charge in [0.15, 0.2) is 0 Å². The first-order valence-corrected chi connectivity index (χ1v) is 9.39. The van der Waals surface area contributed by atoms with E-state index < -0.39 is 10.1 Å². The molecule has 0 amide bonds. The molecule has 1 aliphatic carbocycles. The predicted octanol–water partition coefficient (Wildman–Crippen LogP) is 2.41. The quantitative estimate of drug-likeness (QED) is 0.557. The van der Waals surface area contributed by atoms with Crippen LogP contribution in [-0.2, 0) is 14.3 Å². The Balaban J connectivity index is 2.20. The molecule has 0 aromatic rings. The fourth-order valence-corrected chi connectivity index (χ4v) is 4.54. The number of hydrogen-bond acceptors (Lipinski definition) is 3. The summed E-state index contributed by atoms with van der Waals surface area (Å²) in [5.41, 5.74) is 0.844. The lowest BCUT2D eigenvalue weighted by atomic mass is 10.0. The van der Waals surface area contributed by atoms with Gasteiger partial charge in [0.25, 0.3) is 10.1 Å². The largest absolute Gasteiger partial charge is 0.270 e. The molecule has 0 radical (unpaired) electrons. The van der Waals surface area contributed by atoms with Gasteiger partial charge < -0.3 is 0 Å². The van der Waals surface area contributed by atoms with Crippen molar-refractivity contribution in [2.24, 2.45) is 0 Å². The fraction of sp³-hybridized carbons (Fsp3) is 1.00. The maximum atomic E-state index is 10.8. The van der Waals surface area contributed by atoms with Crippen LogP contribution >= 0.6 is 7.92 Å². The van der Waals surface area contributed by atoms with Crippen LogP contribution in [0.1, 0.15) is 32.1 Å². The first-order chi connectivity index (χ1) is 6.99. The van der Waals surface area contributed by atoms with Crippen LogP contribution in [0.4, 0.5) is 0 Å². The van der Waals surface area contributed by atoms with Gasteiger partial charge >= 0.3 is 0 Å². The van der Waals surface area contributed by atoms with Gasteiger partial charge in [0.2, 0.25) is 0 Å². The van der Waals surface area contributed by atoms with Gasteiger partial charge in [-0.3, -0.25) is 4.18 Å². The molecule has 90 valence electrons. The van der Waals surface area contributed by atoms with Gasteiger partial charge in [0.1, 0.15) is 0 Å². The predicted molar refractivity (Wildman–Crippen MR) is 65.4 cm³/mol. The van der Waals surface area contributed by atoms with Crippen LogP contribution in [0.5, 0.6) is 0 Å². The summed E-state index contributed by atoms with van der Waals surface area (Å²) in [6, 6.07) is 0. The van der Waals surface area contributed by atoms with Crippen LogP contribution in [0.25, 0.3) is 0 Å². The standard InChI is InChI=1S/C10H21O3PS/c1-14(9-8-13-15(2,11)12)10-6-4-3-5-7-10/h10H,3-9H2,1-2H3/t14-/m1/s1. The summed E-state index contributed by atoms with van der Waals surface area (Å²) in [7, 11) is -3.28. The second-order valence-corrected chi connectivity index (χ2v) is 8.63. The van der Waals surface area contributed by atoms with Crippen molar-refractivity contribution in [1.82, 2.24) is 0 Å². The highest BCUT2D eigenvalue weighted by molar-refractivity contribution is 7.86. The second kappa shape index (κ2) is 6.17. The first-order valence-electron chi connectivity index (χ1n) is 5.54. The van der Waals surface area contributed by atoms with E-state index in [0.29, 0.717) is 6.61 Å². The van der Waals surface area contributed by atoms with Gasteiger partial charge in [-0.05, 0) is 31.3 Å². The Morgan fingerprint density at radius 2 is 1.87 bits per heavy atom. The van der Waals surface area contributed by atoms with Gasteiger partial charge in [-0.25, -0.2) is 0 Å². The van der Waals surface area contributed by atoms with Crippen molar-refractivity contribution >= 4 is 18.0 Å². The maximum Gasteiger partial charge on any atom is 0.264 e. The van der Waals surface area contributed by atoms with Crippen molar-refractivity contribution in [1.29, 1.82) is 0 Å². The average molecular weight is 252 g/mol. The summed E-state index contributed by atoms with van der Waals surface area (Å²) >= 11 is 0. The molecule has 0 aliphatic heterocycles. The Bertz CT molecular complexity index is 270. The molecule has 0 N–H and O–H groups in total. The lowest BCUT2D eigenvalue weighted by Crippen LogP contribution is -2.14. The van der Waals surface area contributed by atoms with Crippen molar-refractivity contribution < 1.29 is 12.6 Å². The average Bonchev–Trinajstić information content (AvgIpc) is 2.17. The van der Waals surface area contributed by atoms with Crippen LogP contribution in [0.15, 0.2) is 0 Å². The molecule has 1 fully saturated rings. The van der Waals surface area contributed by atoms with Crippen LogP contribution in [0.3, 0.4) is 0 Å². The molecule has 0 spiro atoms. The van der Waals surface area contributed by atoms with E-state index in [4.69, 9.17) is 4.18 Å². The fourth-order valence-electron chi connectivity index (χ4n) is 2.04. The summed E-state index contributed by atoms with van der Waals surface area (Å²) in [5.74, 6) is 0. The monoisotopic (exact) mass is 252 g/mol. The van der Waals surface area contributed by atoms with Gasteiger partial charge in [0.05, 0.1) is 12.9 Å². The molecule has 1 aliphatic rings. The lowest BCUT2D eigenvalue weighted by molar-refractivity contribution is 0.344. The molecular formula is C10H21O3PS. The molecule has 3 nitrogen and oxygen atoms in total. The molecule has 0 unspecified atom stereocenters. The van der Waals surface area contributed by atoms with Crippen LogP contribution in [0, 0.1) is 0 Å². The van der Waals surface area contributed by atoms with Crippen LogP contribution < -0.4 is 0 Å². The third-order valence-corrected chi connectivity index (χ3v) is 6.19. The Morgan fingerprint density at radius 1 is 1.27 bits per heavy atom. The van der Waals surface area contributed by atoms with Crippen molar-refractivity contribution in [3.05, 3.63) is 0 Å². The van der Waals surface area contributed by atoms with E-state index in [9.17, 15) is 8.42 Å². The zero-order valence-electron chi connectivity index (χ0n) is 9.61. The van der Waals surface area contributed by atoms with E-state index in [1.165, 1.54) is 32.1 Å². The zero-order valence-corrected chi connectivity index (χ0v) is 11.3. The molecule has 1 rings (SSSR count). The van der Waals surface area contributed by atoms with Crippen LogP contribution in [-0.4, -0.2) is 39.8 Å². The minimum atomic E-state index is -3.24.